The third-order valence-corrected chi connectivity index (χ3v) is 3.30. The van der Waals surface area contributed by atoms with Crippen LogP contribution in [0, 0.1) is 0 Å². The van der Waals surface area contributed by atoms with Crippen molar-refractivity contribution in [2.45, 2.75) is 31.7 Å². The molecule has 0 aliphatic heterocycles. The summed E-state index contributed by atoms with van der Waals surface area (Å²) in [5, 5.41) is 2.85. The summed E-state index contributed by atoms with van der Waals surface area (Å²) < 4.78 is 4.55. The van der Waals surface area contributed by atoms with Crippen molar-refractivity contribution in [2.24, 2.45) is 0 Å². The highest BCUT2D eigenvalue weighted by atomic mass is 16.5. The third-order valence-electron chi connectivity index (χ3n) is 3.30. The first-order chi connectivity index (χ1) is 9.92. The van der Waals surface area contributed by atoms with Crippen LogP contribution in [-0.4, -0.2) is 74.5 Å². The molecule has 0 bridgehead atoms. The van der Waals surface area contributed by atoms with E-state index in [-0.39, 0.29) is 30.9 Å². The quantitative estimate of drug-likeness (QED) is 0.587. The zero-order valence-electron chi connectivity index (χ0n) is 13.1. The van der Waals surface area contributed by atoms with Gasteiger partial charge in [-0.15, -0.1) is 0 Å². The van der Waals surface area contributed by atoms with Crippen molar-refractivity contribution >= 4 is 17.8 Å². The number of amides is 2. The zero-order valence-corrected chi connectivity index (χ0v) is 13.1. The van der Waals surface area contributed by atoms with E-state index in [0.717, 1.165) is 12.8 Å². The summed E-state index contributed by atoms with van der Waals surface area (Å²) >= 11 is 0. The van der Waals surface area contributed by atoms with Gasteiger partial charge in [-0.3, -0.25) is 19.3 Å². The SMILES string of the molecule is COC(=O)CCCN(C)CC(=O)N(C)CC(=O)NC1CC1. The summed E-state index contributed by atoms with van der Waals surface area (Å²) in [5.41, 5.74) is 0. The molecule has 1 N–H and O–H groups in total. The van der Waals surface area contributed by atoms with E-state index in [9.17, 15) is 14.4 Å². The first kappa shape index (κ1) is 17.4. The molecule has 0 saturated heterocycles. The van der Waals surface area contributed by atoms with Gasteiger partial charge in [-0.2, -0.15) is 0 Å². The molecule has 0 aromatic rings. The fraction of sp³-hybridized carbons (Fsp3) is 0.786. The highest BCUT2D eigenvalue weighted by Gasteiger charge is 2.24. The molecule has 0 heterocycles. The van der Waals surface area contributed by atoms with Crippen molar-refractivity contribution in [3.63, 3.8) is 0 Å². The molecular weight excluding hydrogens is 274 g/mol. The normalized spacial score (nSPS) is 13.9. The van der Waals surface area contributed by atoms with Gasteiger partial charge in [0, 0.05) is 19.5 Å². The first-order valence-corrected chi connectivity index (χ1v) is 7.21. The molecule has 1 saturated carbocycles. The lowest BCUT2D eigenvalue weighted by molar-refractivity contribution is -0.140. The summed E-state index contributed by atoms with van der Waals surface area (Å²) in [4.78, 5) is 37.8. The maximum Gasteiger partial charge on any atom is 0.305 e. The van der Waals surface area contributed by atoms with Crippen molar-refractivity contribution in [1.29, 1.82) is 0 Å². The molecule has 21 heavy (non-hydrogen) atoms. The molecule has 0 aromatic heterocycles. The highest BCUT2D eigenvalue weighted by Crippen LogP contribution is 2.18. The minimum absolute atomic E-state index is 0.0886. The second-order valence-electron chi connectivity index (χ2n) is 5.51. The van der Waals surface area contributed by atoms with Gasteiger partial charge in [-0.1, -0.05) is 0 Å². The van der Waals surface area contributed by atoms with Crippen LogP contribution in [0.3, 0.4) is 0 Å². The molecule has 2 amide bonds. The highest BCUT2D eigenvalue weighted by molar-refractivity contribution is 5.85. The van der Waals surface area contributed by atoms with Crippen LogP contribution in [-0.2, 0) is 19.1 Å². The minimum atomic E-state index is -0.247. The Morgan fingerprint density at radius 1 is 1.19 bits per heavy atom. The fourth-order valence-corrected chi connectivity index (χ4v) is 1.83. The van der Waals surface area contributed by atoms with Gasteiger partial charge in [0.05, 0.1) is 20.2 Å². The molecule has 120 valence electrons. The van der Waals surface area contributed by atoms with Gasteiger partial charge >= 0.3 is 5.97 Å². The number of rotatable bonds is 9. The van der Waals surface area contributed by atoms with Crippen LogP contribution < -0.4 is 5.32 Å². The van der Waals surface area contributed by atoms with E-state index in [2.05, 4.69) is 10.1 Å². The molecule has 1 aliphatic carbocycles. The van der Waals surface area contributed by atoms with Gasteiger partial charge in [0.2, 0.25) is 11.8 Å². The number of ether oxygens (including phenoxy) is 1. The molecule has 0 atom stereocenters. The van der Waals surface area contributed by atoms with Crippen molar-refractivity contribution in [2.75, 3.05) is 40.8 Å². The van der Waals surface area contributed by atoms with E-state index in [1.54, 1.807) is 7.05 Å². The van der Waals surface area contributed by atoms with Crippen LogP contribution in [0.5, 0.6) is 0 Å². The van der Waals surface area contributed by atoms with Gasteiger partial charge in [-0.05, 0) is 32.9 Å². The summed E-state index contributed by atoms with van der Waals surface area (Å²) in [6.07, 6.45) is 3.05. The maximum absolute atomic E-state index is 12.0. The summed E-state index contributed by atoms with van der Waals surface area (Å²) in [5.74, 6) is -0.466. The van der Waals surface area contributed by atoms with Crippen LogP contribution in [0.4, 0.5) is 0 Å². The minimum Gasteiger partial charge on any atom is -0.469 e. The number of nitrogens with zero attached hydrogens (tertiary/aromatic N) is 2. The molecule has 7 nitrogen and oxygen atoms in total. The Morgan fingerprint density at radius 2 is 1.86 bits per heavy atom. The molecular formula is C14H25N3O4. The van der Waals surface area contributed by atoms with Crippen LogP contribution in [0.1, 0.15) is 25.7 Å². The number of nitrogens with one attached hydrogen (secondary N) is 1. The Bertz CT molecular complexity index is 382. The number of esters is 1. The number of likely N-dealkylation sites (N-methyl/N-ethyl adjacent to an activating group) is 2. The number of methoxy groups -OCH3 is 1. The van der Waals surface area contributed by atoms with Crippen molar-refractivity contribution in [3.8, 4) is 0 Å². The van der Waals surface area contributed by atoms with Gasteiger partial charge in [0.25, 0.3) is 0 Å². The lowest BCUT2D eigenvalue weighted by atomic mass is 10.3. The molecule has 0 aromatic carbocycles. The van der Waals surface area contributed by atoms with Crippen molar-refractivity contribution < 1.29 is 19.1 Å². The molecule has 1 rings (SSSR count). The fourth-order valence-electron chi connectivity index (χ4n) is 1.83. The Hall–Kier alpha value is -1.63. The van der Waals surface area contributed by atoms with Crippen LogP contribution >= 0.6 is 0 Å². The van der Waals surface area contributed by atoms with Crippen molar-refractivity contribution in [1.82, 2.24) is 15.1 Å². The van der Waals surface area contributed by atoms with Gasteiger partial charge in [0.15, 0.2) is 0 Å². The molecule has 1 fully saturated rings. The lowest BCUT2D eigenvalue weighted by Crippen LogP contribution is -2.43. The lowest BCUT2D eigenvalue weighted by Gasteiger charge is -2.21. The Kier molecular flexibility index (Phi) is 7.14. The molecule has 0 spiro atoms. The third kappa shape index (κ3) is 7.65. The van der Waals surface area contributed by atoms with E-state index in [1.807, 2.05) is 11.9 Å². The van der Waals surface area contributed by atoms with E-state index in [1.165, 1.54) is 12.0 Å². The monoisotopic (exact) mass is 299 g/mol. The number of hydrogen-bond acceptors (Lipinski definition) is 5. The molecule has 0 unspecified atom stereocenters. The predicted molar refractivity (Wildman–Crippen MR) is 77.5 cm³/mol. The van der Waals surface area contributed by atoms with Crippen LogP contribution in [0.15, 0.2) is 0 Å². The maximum atomic E-state index is 12.0. The van der Waals surface area contributed by atoms with Gasteiger partial charge in [0.1, 0.15) is 0 Å². The summed E-state index contributed by atoms with van der Waals surface area (Å²) in [6.45, 7) is 0.947. The van der Waals surface area contributed by atoms with Crippen LogP contribution in [0.2, 0.25) is 0 Å². The second kappa shape index (κ2) is 8.61. The standard InChI is InChI=1S/C14H25N3O4/c1-16(8-4-5-14(20)21-3)10-13(19)17(2)9-12(18)15-11-6-7-11/h11H,4-10H2,1-3H3,(H,15,18). The summed E-state index contributed by atoms with van der Waals surface area (Å²) in [7, 11) is 4.79. The number of carbonyl (C=O) groups excluding carboxylic acids is 3. The Morgan fingerprint density at radius 3 is 2.43 bits per heavy atom. The zero-order chi connectivity index (χ0) is 15.8. The average molecular weight is 299 g/mol. The average Bonchev–Trinajstić information content (AvgIpc) is 3.21. The molecule has 0 radical (unpaired) electrons. The molecule has 7 heteroatoms. The second-order valence-corrected chi connectivity index (χ2v) is 5.51. The van der Waals surface area contributed by atoms with Crippen LogP contribution in [0.25, 0.3) is 0 Å². The van der Waals surface area contributed by atoms with Crippen molar-refractivity contribution in [3.05, 3.63) is 0 Å². The Labute approximate surface area is 125 Å². The number of carbonyl (C=O) groups is 3. The predicted octanol–water partition coefficient (Wildman–Crippen LogP) is -0.392. The van der Waals surface area contributed by atoms with E-state index < -0.39 is 0 Å². The van der Waals surface area contributed by atoms with E-state index in [0.29, 0.717) is 25.4 Å². The van der Waals surface area contributed by atoms with E-state index >= 15 is 0 Å². The smallest absolute Gasteiger partial charge is 0.305 e. The van der Waals surface area contributed by atoms with E-state index in [4.69, 9.17) is 0 Å². The summed E-state index contributed by atoms with van der Waals surface area (Å²) in [6, 6.07) is 0.307. The largest absolute Gasteiger partial charge is 0.469 e. The Balaban J connectivity index is 2.17. The van der Waals surface area contributed by atoms with Gasteiger partial charge in [-0.25, -0.2) is 0 Å². The number of hydrogen-bond donors (Lipinski definition) is 1. The molecule has 1 aliphatic rings. The first-order valence-electron chi connectivity index (χ1n) is 7.21. The van der Waals surface area contributed by atoms with Gasteiger partial charge < -0.3 is 15.0 Å². The topological polar surface area (TPSA) is 79.0 Å².